The zero-order valence-corrected chi connectivity index (χ0v) is 15.3. The minimum atomic E-state index is -0.106. The van der Waals surface area contributed by atoms with Crippen molar-refractivity contribution in [3.05, 3.63) is 76.7 Å². The molecule has 1 amide bonds. The van der Waals surface area contributed by atoms with Crippen molar-refractivity contribution in [1.82, 2.24) is 5.16 Å². The summed E-state index contributed by atoms with van der Waals surface area (Å²) < 4.78 is 5.24. The van der Waals surface area contributed by atoms with Crippen LogP contribution >= 0.6 is 11.8 Å². The molecule has 0 aliphatic rings. The van der Waals surface area contributed by atoms with Gasteiger partial charge >= 0.3 is 0 Å². The lowest BCUT2D eigenvalue weighted by molar-refractivity contribution is 0.102. The van der Waals surface area contributed by atoms with Crippen LogP contribution in [0, 0.1) is 20.8 Å². The van der Waals surface area contributed by atoms with Gasteiger partial charge in [-0.2, -0.15) is 0 Å². The van der Waals surface area contributed by atoms with Gasteiger partial charge in [-0.25, -0.2) is 0 Å². The molecule has 2 aromatic carbocycles. The van der Waals surface area contributed by atoms with Crippen molar-refractivity contribution in [2.24, 2.45) is 0 Å². The third-order valence-corrected chi connectivity index (χ3v) is 5.13. The van der Waals surface area contributed by atoms with Gasteiger partial charge in [0.25, 0.3) is 5.91 Å². The van der Waals surface area contributed by atoms with E-state index in [1.54, 1.807) is 11.8 Å². The van der Waals surface area contributed by atoms with Crippen LogP contribution in [0.4, 0.5) is 5.69 Å². The highest BCUT2D eigenvalue weighted by Crippen LogP contribution is 2.28. The standard InChI is InChI=1S/C20H20N2O2S/c1-13-7-6-9-18(15(13)3)21-20(23)17-8-4-5-10-19(17)25-12-16-11-14(2)22-24-16/h4-11H,12H2,1-3H3,(H,21,23). The predicted octanol–water partition coefficient (Wildman–Crippen LogP) is 5.14. The van der Waals surface area contributed by atoms with E-state index in [-0.39, 0.29) is 5.91 Å². The Morgan fingerprint density at radius 2 is 1.92 bits per heavy atom. The summed E-state index contributed by atoms with van der Waals surface area (Å²) in [5.41, 5.74) is 4.59. The van der Waals surface area contributed by atoms with E-state index in [2.05, 4.69) is 10.5 Å². The second-order valence-corrected chi connectivity index (χ2v) is 6.94. The number of anilines is 1. The van der Waals surface area contributed by atoms with E-state index in [4.69, 9.17) is 4.52 Å². The number of rotatable bonds is 5. The first-order valence-corrected chi connectivity index (χ1v) is 9.05. The fourth-order valence-corrected chi connectivity index (χ4v) is 3.41. The largest absolute Gasteiger partial charge is 0.360 e. The summed E-state index contributed by atoms with van der Waals surface area (Å²) in [6, 6.07) is 15.4. The Morgan fingerprint density at radius 3 is 2.68 bits per heavy atom. The van der Waals surface area contributed by atoms with Crippen molar-refractivity contribution in [1.29, 1.82) is 0 Å². The van der Waals surface area contributed by atoms with Crippen LogP contribution in [-0.4, -0.2) is 11.1 Å². The Hall–Kier alpha value is -2.53. The lowest BCUT2D eigenvalue weighted by Gasteiger charge is -2.12. The van der Waals surface area contributed by atoms with Gasteiger partial charge in [0, 0.05) is 16.6 Å². The smallest absolute Gasteiger partial charge is 0.256 e. The summed E-state index contributed by atoms with van der Waals surface area (Å²) in [7, 11) is 0. The molecular weight excluding hydrogens is 332 g/mol. The number of nitrogens with one attached hydrogen (secondary N) is 1. The van der Waals surface area contributed by atoms with E-state index in [9.17, 15) is 4.79 Å². The van der Waals surface area contributed by atoms with Gasteiger partial charge in [-0.1, -0.05) is 29.4 Å². The summed E-state index contributed by atoms with van der Waals surface area (Å²) in [4.78, 5) is 13.7. The molecular formula is C20H20N2O2S. The molecule has 3 aromatic rings. The minimum Gasteiger partial charge on any atom is -0.360 e. The zero-order valence-electron chi connectivity index (χ0n) is 14.5. The number of aromatic nitrogens is 1. The second kappa shape index (κ2) is 7.57. The van der Waals surface area contributed by atoms with E-state index >= 15 is 0 Å². The normalized spacial score (nSPS) is 10.7. The van der Waals surface area contributed by atoms with Crippen molar-refractivity contribution < 1.29 is 9.32 Å². The van der Waals surface area contributed by atoms with Crippen molar-refractivity contribution in [2.75, 3.05) is 5.32 Å². The second-order valence-electron chi connectivity index (χ2n) is 5.92. The molecule has 0 saturated heterocycles. The highest BCUT2D eigenvalue weighted by molar-refractivity contribution is 7.98. The molecule has 5 heteroatoms. The van der Waals surface area contributed by atoms with Gasteiger partial charge in [0.2, 0.25) is 0 Å². The quantitative estimate of drug-likeness (QED) is 0.646. The lowest BCUT2D eigenvalue weighted by atomic mass is 10.1. The van der Waals surface area contributed by atoms with Crippen LogP contribution in [0.1, 0.15) is 32.9 Å². The molecule has 3 rings (SSSR count). The van der Waals surface area contributed by atoms with Gasteiger partial charge in [-0.15, -0.1) is 11.8 Å². The summed E-state index contributed by atoms with van der Waals surface area (Å²) in [5.74, 6) is 1.33. The molecule has 0 radical (unpaired) electrons. The number of benzene rings is 2. The van der Waals surface area contributed by atoms with Crippen LogP contribution in [-0.2, 0) is 5.75 Å². The van der Waals surface area contributed by atoms with Gasteiger partial charge in [0.1, 0.15) is 5.76 Å². The maximum Gasteiger partial charge on any atom is 0.256 e. The molecule has 0 unspecified atom stereocenters. The topological polar surface area (TPSA) is 55.1 Å². The van der Waals surface area contributed by atoms with Crippen molar-refractivity contribution >= 4 is 23.4 Å². The molecule has 0 aliphatic carbocycles. The minimum absolute atomic E-state index is 0.106. The predicted molar refractivity (Wildman–Crippen MR) is 101 cm³/mol. The summed E-state index contributed by atoms with van der Waals surface area (Å²) in [6.45, 7) is 5.94. The zero-order chi connectivity index (χ0) is 17.8. The Morgan fingerprint density at radius 1 is 1.12 bits per heavy atom. The average Bonchev–Trinajstić information content (AvgIpc) is 3.03. The van der Waals surface area contributed by atoms with Gasteiger partial charge in [-0.3, -0.25) is 4.79 Å². The molecule has 25 heavy (non-hydrogen) atoms. The summed E-state index contributed by atoms with van der Waals surface area (Å²) in [5, 5.41) is 6.91. The number of hydrogen-bond acceptors (Lipinski definition) is 4. The molecule has 4 nitrogen and oxygen atoms in total. The number of hydrogen-bond donors (Lipinski definition) is 1. The Kier molecular flexibility index (Phi) is 5.24. The van der Waals surface area contributed by atoms with E-state index in [0.29, 0.717) is 11.3 Å². The van der Waals surface area contributed by atoms with E-state index in [1.807, 2.05) is 69.3 Å². The maximum absolute atomic E-state index is 12.8. The van der Waals surface area contributed by atoms with Gasteiger partial charge < -0.3 is 9.84 Å². The number of aryl methyl sites for hydroxylation is 2. The van der Waals surface area contributed by atoms with Gasteiger partial charge in [0.05, 0.1) is 17.0 Å². The molecule has 0 bridgehead atoms. The molecule has 0 aliphatic heterocycles. The van der Waals surface area contributed by atoms with E-state index < -0.39 is 0 Å². The molecule has 0 spiro atoms. The summed E-state index contributed by atoms with van der Waals surface area (Å²) >= 11 is 1.57. The first-order valence-electron chi connectivity index (χ1n) is 8.06. The molecule has 0 atom stereocenters. The Labute approximate surface area is 151 Å². The van der Waals surface area contributed by atoms with E-state index in [0.717, 1.165) is 33.2 Å². The third-order valence-electron chi connectivity index (χ3n) is 4.03. The Bertz CT molecular complexity index is 902. The number of thioether (sulfide) groups is 1. The van der Waals surface area contributed by atoms with Crippen LogP contribution in [0.5, 0.6) is 0 Å². The first-order chi connectivity index (χ1) is 12.0. The number of nitrogens with zero attached hydrogens (tertiary/aromatic N) is 1. The molecule has 0 fully saturated rings. The van der Waals surface area contributed by atoms with E-state index in [1.165, 1.54) is 0 Å². The maximum atomic E-state index is 12.8. The third kappa shape index (κ3) is 4.12. The molecule has 1 heterocycles. The van der Waals surface area contributed by atoms with Crippen LogP contribution in [0.3, 0.4) is 0 Å². The monoisotopic (exact) mass is 352 g/mol. The van der Waals surface area contributed by atoms with Crippen LogP contribution < -0.4 is 5.32 Å². The molecule has 0 saturated carbocycles. The fourth-order valence-electron chi connectivity index (χ4n) is 2.49. The molecule has 1 N–H and O–H groups in total. The summed E-state index contributed by atoms with van der Waals surface area (Å²) in [6.07, 6.45) is 0. The lowest BCUT2D eigenvalue weighted by Crippen LogP contribution is -2.14. The molecule has 1 aromatic heterocycles. The van der Waals surface area contributed by atoms with Crippen molar-refractivity contribution in [3.63, 3.8) is 0 Å². The number of carbonyl (C=O) groups excluding carboxylic acids is 1. The van der Waals surface area contributed by atoms with Crippen molar-refractivity contribution in [3.8, 4) is 0 Å². The van der Waals surface area contributed by atoms with Gasteiger partial charge in [0.15, 0.2) is 0 Å². The number of carbonyl (C=O) groups is 1. The highest BCUT2D eigenvalue weighted by atomic mass is 32.2. The van der Waals surface area contributed by atoms with Gasteiger partial charge in [-0.05, 0) is 50.1 Å². The SMILES string of the molecule is Cc1cc(CSc2ccccc2C(=O)Nc2cccc(C)c2C)on1. The molecule has 128 valence electrons. The Balaban J connectivity index is 1.77. The number of amides is 1. The van der Waals surface area contributed by atoms with Crippen LogP contribution in [0.2, 0.25) is 0 Å². The van der Waals surface area contributed by atoms with Crippen LogP contribution in [0.25, 0.3) is 0 Å². The van der Waals surface area contributed by atoms with Crippen molar-refractivity contribution in [2.45, 2.75) is 31.4 Å². The van der Waals surface area contributed by atoms with Crippen LogP contribution in [0.15, 0.2) is 57.9 Å². The fraction of sp³-hybridized carbons (Fsp3) is 0.200. The first kappa shape index (κ1) is 17.3. The highest BCUT2D eigenvalue weighted by Gasteiger charge is 2.14. The average molecular weight is 352 g/mol.